The fraction of sp³-hybridized carbons (Fsp3) is 0.625. The van der Waals surface area contributed by atoms with E-state index in [-0.39, 0.29) is 0 Å². The molecule has 1 aliphatic rings. The van der Waals surface area contributed by atoms with E-state index in [0.29, 0.717) is 13.2 Å². The average molecular weight is 167 g/mol. The van der Waals surface area contributed by atoms with Crippen molar-refractivity contribution in [3.05, 3.63) is 17.7 Å². The molecule has 4 heteroatoms. The van der Waals surface area contributed by atoms with Crippen LogP contribution < -0.4 is 5.73 Å². The van der Waals surface area contributed by atoms with Gasteiger partial charge >= 0.3 is 0 Å². The number of ether oxygens (including phenoxy) is 1. The van der Waals surface area contributed by atoms with Gasteiger partial charge in [0.25, 0.3) is 0 Å². The molecule has 0 aliphatic carbocycles. The van der Waals surface area contributed by atoms with Crippen molar-refractivity contribution in [1.29, 1.82) is 0 Å². The quantitative estimate of drug-likeness (QED) is 0.702. The van der Waals surface area contributed by atoms with Gasteiger partial charge in [-0.3, -0.25) is 0 Å². The number of nitrogens with zero attached hydrogens (tertiary/aromatic N) is 2. The normalized spacial score (nSPS) is 15.1. The zero-order chi connectivity index (χ0) is 8.39. The van der Waals surface area contributed by atoms with Crippen LogP contribution in [0.5, 0.6) is 0 Å². The van der Waals surface area contributed by atoms with Gasteiger partial charge in [0.15, 0.2) is 0 Å². The van der Waals surface area contributed by atoms with E-state index in [9.17, 15) is 0 Å². The molecule has 0 saturated heterocycles. The molecule has 1 aromatic rings. The summed E-state index contributed by atoms with van der Waals surface area (Å²) >= 11 is 0. The summed E-state index contributed by atoms with van der Waals surface area (Å²) in [6, 6.07) is 0. The van der Waals surface area contributed by atoms with Crippen LogP contribution in [0.3, 0.4) is 0 Å². The van der Waals surface area contributed by atoms with Crippen LogP contribution in [0.1, 0.15) is 17.8 Å². The maximum atomic E-state index is 5.43. The van der Waals surface area contributed by atoms with Gasteiger partial charge in [-0.1, -0.05) is 0 Å². The largest absolute Gasteiger partial charge is 0.369 e. The Kier molecular flexibility index (Phi) is 2.10. The monoisotopic (exact) mass is 167 g/mol. The highest BCUT2D eigenvalue weighted by atomic mass is 16.5. The minimum atomic E-state index is 0.672. The van der Waals surface area contributed by atoms with Crippen molar-refractivity contribution in [1.82, 2.24) is 9.55 Å². The van der Waals surface area contributed by atoms with Crippen molar-refractivity contribution in [2.75, 3.05) is 6.54 Å². The van der Waals surface area contributed by atoms with Crippen LogP contribution >= 0.6 is 0 Å². The molecule has 0 spiro atoms. The highest BCUT2D eigenvalue weighted by molar-refractivity contribution is 5.14. The number of rotatable bonds is 3. The number of imidazole rings is 1. The summed E-state index contributed by atoms with van der Waals surface area (Å²) < 4.78 is 7.40. The lowest BCUT2D eigenvalue weighted by Gasteiger charge is -2.03. The Morgan fingerprint density at radius 3 is 3.33 bits per heavy atom. The molecule has 1 aromatic heterocycles. The van der Waals surface area contributed by atoms with Crippen molar-refractivity contribution in [3.63, 3.8) is 0 Å². The van der Waals surface area contributed by atoms with Crippen molar-refractivity contribution in [2.24, 2.45) is 5.73 Å². The topological polar surface area (TPSA) is 53.1 Å². The molecule has 12 heavy (non-hydrogen) atoms. The predicted octanol–water partition coefficient (Wildman–Crippen LogP) is 0.262. The number of aryl methyl sites for hydroxylation is 1. The number of nitrogens with two attached hydrogens (primary N) is 1. The number of fused-ring (bicyclic) bond motifs is 1. The summed E-state index contributed by atoms with van der Waals surface area (Å²) in [5, 5.41) is 0. The maximum absolute atomic E-state index is 5.43. The molecular weight excluding hydrogens is 154 g/mol. The van der Waals surface area contributed by atoms with Crippen molar-refractivity contribution in [3.8, 4) is 0 Å². The zero-order valence-corrected chi connectivity index (χ0v) is 6.99. The van der Waals surface area contributed by atoms with Crippen LogP contribution in [-0.2, 0) is 24.5 Å². The van der Waals surface area contributed by atoms with Crippen LogP contribution in [-0.4, -0.2) is 16.1 Å². The predicted molar refractivity (Wildman–Crippen MR) is 44.4 cm³/mol. The lowest BCUT2D eigenvalue weighted by molar-refractivity contribution is 0.128. The van der Waals surface area contributed by atoms with E-state index in [1.807, 2.05) is 6.33 Å². The molecule has 1 aliphatic heterocycles. The van der Waals surface area contributed by atoms with Crippen LogP contribution in [0.2, 0.25) is 0 Å². The van der Waals surface area contributed by atoms with Gasteiger partial charge in [0, 0.05) is 6.54 Å². The van der Waals surface area contributed by atoms with Crippen LogP contribution in [0, 0.1) is 0 Å². The fourth-order valence-electron chi connectivity index (χ4n) is 1.43. The van der Waals surface area contributed by atoms with E-state index in [2.05, 4.69) is 9.55 Å². The minimum absolute atomic E-state index is 0.672. The van der Waals surface area contributed by atoms with Gasteiger partial charge in [-0.05, 0) is 13.0 Å². The van der Waals surface area contributed by atoms with E-state index >= 15 is 0 Å². The third-order valence-electron chi connectivity index (χ3n) is 2.11. The first-order valence-electron chi connectivity index (χ1n) is 4.22. The van der Waals surface area contributed by atoms with Crippen molar-refractivity contribution in [2.45, 2.75) is 26.2 Å². The first kappa shape index (κ1) is 7.76. The standard InChI is InChI=1S/C8H13N3O/c9-2-1-3-11-6-10-7-4-12-5-8(7)11/h6H,1-5,9H2. The number of hydrogen-bond acceptors (Lipinski definition) is 3. The third-order valence-corrected chi connectivity index (χ3v) is 2.11. The Morgan fingerprint density at radius 1 is 1.58 bits per heavy atom. The van der Waals surface area contributed by atoms with Gasteiger partial charge in [-0.15, -0.1) is 0 Å². The lowest BCUT2D eigenvalue weighted by atomic mass is 10.3. The van der Waals surface area contributed by atoms with Crippen LogP contribution in [0.15, 0.2) is 6.33 Å². The first-order valence-corrected chi connectivity index (χ1v) is 4.22. The molecule has 0 aromatic carbocycles. The Hall–Kier alpha value is -0.870. The summed E-state index contributed by atoms with van der Waals surface area (Å²) in [5.41, 5.74) is 7.74. The number of aromatic nitrogens is 2. The molecule has 2 N–H and O–H groups in total. The van der Waals surface area contributed by atoms with E-state index < -0.39 is 0 Å². The molecule has 2 heterocycles. The van der Waals surface area contributed by atoms with Gasteiger partial charge in [0.05, 0.1) is 30.9 Å². The summed E-state index contributed by atoms with van der Waals surface area (Å²) in [4.78, 5) is 4.25. The summed E-state index contributed by atoms with van der Waals surface area (Å²) in [7, 11) is 0. The molecule has 0 unspecified atom stereocenters. The fourth-order valence-corrected chi connectivity index (χ4v) is 1.43. The van der Waals surface area contributed by atoms with Gasteiger partial charge in [0.2, 0.25) is 0 Å². The molecule has 0 bridgehead atoms. The molecule has 2 rings (SSSR count). The van der Waals surface area contributed by atoms with Crippen molar-refractivity contribution < 1.29 is 4.74 Å². The Bertz CT molecular complexity index is 269. The SMILES string of the molecule is NCCCn1cnc2c1COC2. The van der Waals surface area contributed by atoms with E-state index in [4.69, 9.17) is 10.5 Å². The maximum Gasteiger partial charge on any atom is 0.0953 e. The number of hydrogen-bond donors (Lipinski definition) is 1. The first-order chi connectivity index (χ1) is 5.92. The molecule has 4 nitrogen and oxygen atoms in total. The second kappa shape index (κ2) is 3.25. The smallest absolute Gasteiger partial charge is 0.0953 e. The molecule has 0 saturated carbocycles. The molecule has 0 amide bonds. The second-order valence-electron chi connectivity index (χ2n) is 2.97. The Morgan fingerprint density at radius 2 is 2.50 bits per heavy atom. The van der Waals surface area contributed by atoms with Gasteiger partial charge in [-0.2, -0.15) is 0 Å². The zero-order valence-electron chi connectivity index (χ0n) is 6.99. The summed E-state index contributed by atoms with van der Waals surface area (Å²) in [6.45, 7) is 3.07. The highest BCUT2D eigenvalue weighted by Crippen LogP contribution is 2.17. The van der Waals surface area contributed by atoms with E-state index in [1.54, 1.807) is 0 Å². The molecule has 66 valence electrons. The van der Waals surface area contributed by atoms with Crippen LogP contribution in [0.25, 0.3) is 0 Å². The lowest BCUT2D eigenvalue weighted by Crippen LogP contribution is -2.07. The average Bonchev–Trinajstić information content (AvgIpc) is 2.62. The molecular formula is C8H13N3O. The molecule has 0 radical (unpaired) electrons. The summed E-state index contributed by atoms with van der Waals surface area (Å²) in [6.07, 6.45) is 2.88. The van der Waals surface area contributed by atoms with E-state index in [0.717, 1.165) is 25.2 Å². The molecule has 0 fully saturated rings. The third kappa shape index (κ3) is 1.23. The second-order valence-corrected chi connectivity index (χ2v) is 2.97. The highest BCUT2D eigenvalue weighted by Gasteiger charge is 2.16. The van der Waals surface area contributed by atoms with E-state index in [1.165, 1.54) is 5.69 Å². The van der Waals surface area contributed by atoms with Gasteiger partial charge in [0.1, 0.15) is 0 Å². The van der Waals surface area contributed by atoms with Crippen LogP contribution in [0.4, 0.5) is 0 Å². The Labute approximate surface area is 71.3 Å². The van der Waals surface area contributed by atoms with Gasteiger partial charge in [-0.25, -0.2) is 4.98 Å². The Balaban J connectivity index is 2.11. The summed E-state index contributed by atoms with van der Waals surface area (Å²) in [5.74, 6) is 0. The van der Waals surface area contributed by atoms with Crippen molar-refractivity contribution >= 4 is 0 Å². The molecule has 0 atom stereocenters. The van der Waals surface area contributed by atoms with Gasteiger partial charge < -0.3 is 15.0 Å². The minimum Gasteiger partial charge on any atom is -0.369 e.